The first-order valence-electron chi connectivity index (χ1n) is 8.26. The number of rotatable bonds is 4. The van der Waals surface area contributed by atoms with E-state index in [9.17, 15) is 9.90 Å². The van der Waals surface area contributed by atoms with Crippen molar-refractivity contribution in [3.8, 4) is 0 Å². The van der Waals surface area contributed by atoms with Gasteiger partial charge in [0.25, 0.3) is 5.91 Å². The van der Waals surface area contributed by atoms with Gasteiger partial charge in [-0.15, -0.1) is 0 Å². The first-order chi connectivity index (χ1) is 10.7. The number of aliphatic hydroxyl groups is 1. The number of amides is 1. The van der Waals surface area contributed by atoms with Crippen molar-refractivity contribution in [2.75, 3.05) is 13.2 Å². The van der Waals surface area contributed by atoms with Crippen molar-refractivity contribution < 1.29 is 14.6 Å². The van der Waals surface area contributed by atoms with Crippen LogP contribution in [0.5, 0.6) is 0 Å². The quantitative estimate of drug-likeness (QED) is 0.868. The number of nitrogens with one attached hydrogen (secondary N) is 1. The summed E-state index contributed by atoms with van der Waals surface area (Å²) in [5.41, 5.74) is 0.432. The molecular formula is C16H23N3O3. The van der Waals surface area contributed by atoms with Crippen LogP contribution >= 0.6 is 0 Å². The van der Waals surface area contributed by atoms with Crippen LogP contribution in [0.4, 0.5) is 0 Å². The summed E-state index contributed by atoms with van der Waals surface area (Å²) in [7, 11) is 0. The number of carbonyl (C=O) groups is 1. The van der Waals surface area contributed by atoms with Gasteiger partial charge in [0, 0.05) is 37.4 Å². The van der Waals surface area contributed by atoms with Gasteiger partial charge in [-0.05, 0) is 38.0 Å². The number of aliphatic hydroxyl groups excluding tert-OH is 1. The SMILES string of the molecule is O=C(N[C@@H]1C[C@@H](O)C12CCOCC2)c1cnn(CC2CC2)c1. The molecule has 3 aliphatic rings. The molecule has 2 saturated carbocycles. The highest BCUT2D eigenvalue weighted by atomic mass is 16.5. The van der Waals surface area contributed by atoms with Gasteiger partial charge >= 0.3 is 0 Å². The molecule has 2 heterocycles. The number of hydrogen-bond acceptors (Lipinski definition) is 4. The summed E-state index contributed by atoms with van der Waals surface area (Å²) in [5.74, 6) is 0.660. The molecule has 6 nitrogen and oxygen atoms in total. The van der Waals surface area contributed by atoms with E-state index in [1.54, 1.807) is 6.20 Å². The van der Waals surface area contributed by atoms with E-state index < -0.39 is 0 Å². The van der Waals surface area contributed by atoms with Gasteiger partial charge in [0.05, 0.1) is 17.9 Å². The fourth-order valence-corrected chi connectivity index (χ4v) is 3.79. The highest BCUT2D eigenvalue weighted by Gasteiger charge is 2.55. The van der Waals surface area contributed by atoms with Crippen LogP contribution in [0, 0.1) is 11.3 Å². The minimum atomic E-state index is -0.320. The smallest absolute Gasteiger partial charge is 0.254 e. The lowest BCUT2D eigenvalue weighted by atomic mass is 9.58. The molecule has 0 bridgehead atoms. The van der Waals surface area contributed by atoms with Gasteiger partial charge in [0.1, 0.15) is 0 Å². The summed E-state index contributed by atoms with van der Waals surface area (Å²) in [6.45, 7) is 2.25. The molecule has 1 saturated heterocycles. The van der Waals surface area contributed by atoms with E-state index >= 15 is 0 Å². The van der Waals surface area contributed by atoms with Gasteiger partial charge in [0.15, 0.2) is 0 Å². The Kier molecular flexibility index (Phi) is 3.46. The van der Waals surface area contributed by atoms with Crippen LogP contribution in [0.25, 0.3) is 0 Å². The molecule has 2 N–H and O–H groups in total. The molecule has 6 heteroatoms. The Morgan fingerprint density at radius 1 is 1.45 bits per heavy atom. The summed E-state index contributed by atoms with van der Waals surface area (Å²) in [6, 6.07) is 0.0469. The predicted molar refractivity (Wildman–Crippen MR) is 79.3 cm³/mol. The first kappa shape index (κ1) is 14.2. The molecule has 1 aromatic heterocycles. The van der Waals surface area contributed by atoms with Crippen LogP contribution in [0.2, 0.25) is 0 Å². The van der Waals surface area contributed by atoms with Gasteiger partial charge in [0.2, 0.25) is 0 Å². The average Bonchev–Trinajstić information content (AvgIpc) is 3.22. The van der Waals surface area contributed by atoms with E-state index in [2.05, 4.69) is 10.4 Å². The second-order valence-corrected chi connectivity index (χ2v) is 7.02. The number of aromatic nitrogens is 2. The maximum absolute atomic E-state index is 12.4. The van der Waals surface area contributed by atoms with Crippen molar-refractivity contribution in [2.45, 2.75) is 50.8 Å². The summed E-state index contributed by atoms with van der Waals surface area (Å²) < 4.78 is 7.26. The van der Waals surface area contributed by atoms with Crippen LogP contribution in [0.1, 0.15) is 42.5 Å². The Bertz CT molecular complexity index is 561. The van der Waals surface area contributed by atoms with Crippen LogP contribution < -0.4 is 5.32 Å². The van der Waals surface area contributed by atoms with Crippen molar-refractivity contribution in [2.24, 2.45) is 11.3 Å². The minimum Gasteiger partial charge on any atom is -0.392 e. The lowest BCUT2D eigenvalue weighted by Crippen LogP contribution is -2.65. The fraction of sp³-hybridized carbons (Fsp3) is 0.750. The van der Waals surface area contributed by atoms with E-state index in [4.69, 9.17) is 4.74 Å². The van der Waals surface area contributed by atoms with Crippen LogP contribution in [0.15, 0.2) is 12.4 Å². The first-order valence-corrected chi connectivity index (χ1v) is 8.26. The van der Waals surface area contributed by atoms with E-state index in [0.29, 0.717) is 25.2 Å². The Morgan fingerprint density at radius 3 is 2.91 bits per heavy atom. The maximum Gasteiger partial charge on any atom is 0.254 e. The van der Waals surface area contributed by atoms with Gasteiger partial charge in [-0.25, -0.2) is 0 Å². The molecule has 0 unspecified atom stereocenters. The molecule has 1 amide bonds. The van der Waals surface area contributed by atoms with Crippen LogP contribution in [-0.2, 0) is 11.3 Å². The Hall–Kier alpha value is -1.40. The number of hydrogen-bond donors (Lipinski definition) is 2. The minimum absolute atomic E-state index is 0.0469. The zero-order chi connectivity index (χ0) is 15.2. The van der Waals surface area contributed by atoms with Gasteiger partial charge < -0.3 is 15.2 Å². The summed E-state index contributed by atoms with van der Waals surface area (Å²) in [5, 5.41) is 17.5. The molecule has 1 aromatic rings. The summed E-state index contributed by atoms with van der Waals surface area (Å²) in [4.78, 5) is 12.4. The standard InChI is InChI=1S/C16H23N3O3/c20-14-7-13(16(14)3-5-22-6-4-16)18-15(21)12-8-17-19(10-12)9-11-1-2-11/h8,10-11,13-14,20H,1-7,9H2,(H,18,21)/t13-,14-/m1/s1. The molecule has 2 atom stereocenters. The third kappa shape index (κ3) is 2.44. The zero-order valence-corrected chi connectivity index (χ0v) is 12.7. The largest absolute Gasteiger partial charge is 0.392 e. The second-order valence-electron chi connectivity index (χ2n) is 7.02. The number of carbonyl (C=O) groups excluding carboxylic acids is 1. The molecule has 2 aliphatic carbocycles. The van der Waals surface area contributed by atoms with Crippen molar-refractivity contribution in [1.82, 2.24) is 15.1 Å². The average molecular weight is 305 g/mol. The summed E-state index contributed by atoms with van der Waals surface area (Å²) in [6.07, 6.45) is 7.97. The predicted octanol–water partition coefficient (Wildman–Crippen LogP) is 0.953. The highest BCUT2D eigenvalue weighted by molar-refractivity contribution is 5.94. The molecule has 1 aliphatic heterocycles. The molecular weight excluding hydrogens is 282 g/mol. The molecule has 4 rings (SSSR count). The van der Waals surface area contributed by atoms with E-state index in [0.717, 1.165) is 25.3 Å². The van der Waals surface area contributed by atoms with Crippen molar-refractivity contribution in [3.63, 3.8) is 0 Å². The van der Waals surface area contributed by atoms with Crippen molar-refractivity contribution >= 4 is 5.91 Å². The molecule has 0 aromatic carbocycles. The maximum atomic E-state index is 12.4. The highest BCUT2D eigenvalue weighted by Crippen LogP contribution is 2.49. The normalized spacial score (nSPS) is 30.0. The van der Waals surface area contributed by atoms with E-state index in [1.165, 1.54) is 12.8 Å². The van der Waals surface area contributed by atoms with Crippen molar-refractivity contribution in [1.29, 1.82) is 0 Å². The molecule has 120 valence electrons. The molecule has 3 fully saturated rings. The van der Waals surface area contributed by atoms with E-state index in [-0.39, 0.29) is 23.5 Å². The number of ether oxygens (including phenoxy) is 1. The Morgan fingerprint density at radius 2 is 2.23 bits per heavy atom. The Balaban J connectivity index is 1.39. The lowest BCUT2D eigenvalue weighted by molar-refractivity contribution is -0.145. The fourth-order valence-electron chi connectivity index (χ4n) is 3.79. The lowest BCUT2D eigenvalue weighted by Gasteiger charge is -2.55. The monoisotopic (exact) mass is 305 g/mol. The third-order valence-electron chi connectivity index (χ3n) is 5.58. The zero-order valence-electron chi connectivity index (χ0n) is 12.7. The summed E-state index contributed by atoms with van der Waals surface area (Å²) >= 11 is 0. The molecule has 22 heavy (non-hydrogen) atoms. The van der Waals surface area contributed by atoms with E-state index in [1.807, 2.05) is 10.9 Å². The second kappa shape index (κ2) is 5.35. The Labute approximate surface area is 129 Å². The van der Waals surface area contributed by atoms with Gasteiger partial charge in [-0.1, -0.05) is 0 Å². The third-order valence-corrected chi connectivity index (χ3v) is 5.58. The topological polar surface area (TPSA) is 76.4 Å². The van der Waals surface area contributed by atoms with Crippen molar-refractivity contribution in [3.05, 3.63) is 18.0 Å². The van der Waals surface area contributed by atoms with Gasteiger partial charge in [-0.2, -0.15) is 5.10 Å². The van der Waals surface area contributed by atoms with Crippen LogP contribution in [-0.4, -0.2) is 46.2 Å². The van der Waals surface area contributed by atoms with Crippen LogP contribution in [0.3, 0.4) is 0 Å². The molecule has 0 radical (unpaired) electrons. The van der Waals surface area contributed by atoms with Gasteiger partial charge in [-0.3, -0.25) is 9.48 Å². The number of nitrogens with zero attached hydrogens (tertiary/aromatic N) is 2. The molecule has 1 spiro atoms.